The molecule has 1 aromatic heterocycles. The van der Waals surface area contributed by atoms with Gasteiger partial charge in [-0.05, 0) is 53.6 Å². The predicted octanol–water partition coefficient (Wildman–Crippen LogP) is 3.37. The molecule has 2 atom stereocenters. The second-order valence-electron chi connectivity index (χ2n) is 6.56. The minimum Gasteiger partial charge on any atom is -0.479 e. The standard InChI is InChI=1S/C21H23N3O3/c1-2-17(25)11-13-3-5-14(6-4-13)19(21(26)27)24-16-7-8-18-15(12-16)9-10-23-20(18)22/h3-10,12,17,19,24-25H,2,11H2,1H3,(H2,22,23)(H,26,27). The van der Waals surface area contributed by atoms with Gasteiger partial charge in [0.15, 0.2) is 6.04 Å². The van der Waals surface area contributed by atoms with Crippen LogP contribution in [0.25, 0.3) is 10.8 Å². The van der Waals surface area contributed by atoms with Crippen molar-refractivity contribution in [1.82, 2.24) is 4.98 Å². The van der Waals surface area contributed by atoms with Crippen molar-refractivity contribution >= 4 is 28.2 Å². The lowest BCUT2D eigenvalue weighted by Crippen LogP contribution is -2.20. The molecule has 1 heterocycles. The van der Waals surface area contributed by atoms with Crippen molar-refractivity contribution in [2.75, 3.05) is 11.1 Å². The molecule has 140 valence electrons. The fourth-order valence-corrected chi connectivity index (χ4v) is 3.01. The summed E-state index contributed by atoms with van der Waals surface area (Å²) in [7, 11) is 0. The van der Waals surface area contributed by atoms with Crippen molar-refractivity contribution < 1.29 is 15.0 Å². The van der Waals surface area contributed by atoms with E-state index in [-0.39, 0.29) is 6.10 Å². The maximum absolute atomic E-state index is 11.8. The van der Waals surface area contributed by atoms with Gasteiger partial charge in [0.2, 0.25) is 0 Å². The Morgan fingerprint density at radius 1 is 1.19 bits per heavy atom. The Morgan fingerprint density at radius 2 is 1.93 bits per heavy atom. The zero-order chi connectivity index (χ0) is 19.4. The van der Waals surface area contributed by atoms with Crippen LogP contribution in [0.1, 0.15) is 30.5 Å². The second-order valence-corrected chi connectivity index (χ2v) is 6.56. The summed E-state index contributed by atoms with van der Waals surface area (Å²) in [5, 5.41) is 24.2. The largest absolute Gasteiger partial charge is 0.479 e. The minimum atomic E-state index is -0.967. The van der Waals surface area contributed by atoms with Crippen LogP contribution in [0.5, 0.6) is 0 Å². The van der Waals surface area contributed by atoms with Gasteiger partial charge in [-0.2, -0.15) is 0 Å². The number of aromatic nitrogens is 1. The third-order valence-electron chi connectivity index (χ3n) is 4.61. The Labute approximate surface area is 157 Å². The van der Waals surface area contributed by atoms with Gasteiger partial charge in [0.1, 0.15) is 5.82 Å². The van der Waals surface area contributed by atoms with E-state index < -0.39 is 12.0 Å². The van der Waals surface area contributed by atoms with Crippen molar-refractivity contribution in [3.63, 3.8) is 0 Å². The SMILES string of the molecule is CCC(O)Cc1ccc(C(Nc2ccc3c(N)nccc3c2)C(=O)O)cc1. The molecule has 0 saturated heterocycles. The summed E-state index contributed by atoms with van der Waals surface area (Å²) >= 11 is 0. The van der Waals surface area contributed by atoms with Crippen LogP contribution in [0.15, 0.2) is 54.7 Å². The third kappa shape index (κ3) is 4.35. The number of aliphatic carboxylic acids is 1. The quantitative estimate of drug-likeness (QED) is 0.511. The van der Waals surface area contributed by atoms with Gasteiger partial charge in [-0.3, -0.25) is 0 Å². The summed E-state index contributed by atoms with van der Waals surface area (Å²) in [6.45, 7) is 1.93. The molecule has 27 heavy (non-hydrogen) atoms. The Bertz CT molecular complexity index is 941. The van der Waals surface area contributed by atoms with E-state index in [4.69, 9.17) is 5.73 Å². The zero-order valence-corrected chi connectivity index (χ0v) is 15.1. The van der Waals surface area contributed by atoms with Crippen molar-refractivity contribution in [1.29, 1.82) is 0 Å². The highest BCUT2D eigenvalue weighted by atomic mass is 16.4. The molecule has 0 spiro atoms. The van der Waals surface area contributed by atoms with Gasteiger partial charge in [0, 0.05) is 17.3 Å². The first-order valence-corrected chi connectivity index (χ1v) is 8.88. The van der Waals surface area contributed by atoms with Crippen LogP contribution in [0, 0.1) is 0 Å². The van der Waals surface area contributed by atoms with E-state index in [1.54, 1.807) is 24.4 Å². The van der Waals surface area contributed by atoms with Crippen LogP contribution in [0.4, 0.5) is 11.5 Å². The van der Waals surface area contributed by atoms with Crippen LogP contribution in [0.2, 0.25) is 0 Å². The number of benzene rings is 2. The lowest BCUT2D eigenvalue weighted by atomic mass is 10.0. The van der Waals surface area contributed by atoms with Crippen LogP contribution in [-0.2, 0) is 11.2 Å². The molecule has 3 rings (SSSR count). The first kappa shape index (κ1) is 18.7. The van der Waals surface area contributed by atoms with Crippen LogP contribution >= 0.6 is 0 Å². The molecule has 0 radical (unpaired) electrons. The fourth-order valence-electron chi connectivity index (χ4n) is 3.01. The maximum Gasteiger partial charge on any atom is 0.330 e. The number of carboxylic acid groups (broad SMARTS) is 1. The number of aliphatic hydroxyl groups excluding tert-OH is 1. The topological polar surface area (TPSA) is 108 Å². The van der Waals surface area contributed by atoms with Gasteiger partial charge in [-0.15, -0.1) is 0 Å². The van der Waals surface area contributed by atoms with Crippen LogP contribution < -0.4 is 11.1 Å². The normalized spacial score (nSPS) is 13.3. The van der Waals surface area contributed by atoms with Gasteiger partial charge >= 0.3 is 5.97 Å². The zero-order valence-electron chi connectivity index (χ0n) is 15.1. The molecule has 5 N–H and O–H groups in total. The second kappa shape index (κ2) is 8.05. The van der Waals surface area contributed by atoms with Gasteiger partial charge in [-0.25, -0.2) is 9.78 Å². The van der Waals surface area contributed by atoms with Crippen LogP contribution in [-0.4, -0.2) is 27.3 Å². The van der Waals surface area contributed by atoms with Crippen LogP contribution in [0.3, 0.4) is 0 Å². The number of rotatable bonds is 7. The van der Waals surface area contributed by atoms with Crippen molar-refractivity contribution in [2.45, 2.75) is 31.9 Å². The van der Waals surface area contributed by atoms with Crippen molar-refractivity contribution in [3.05, 3.63) is 65.9 Å². The highest BCUT2D eigenvalue weighted by Crippen LogP contribution is 2.26. The number of pyridine rings is 1. The number of nitrogens with two attached hydrogens (primary N) is 1. The number of aliphatic hydroxyl groups is 1. The molecule has 0 aliphatic carbocycles. The summed E-state index contributed by atoms with van der Waals surface area (Å²) in [4.78, 5) is 15.9. The van der Waals surface area contributed by atoms with E-state index in [1.807, 2.05) is 37.3 Å². The van der Waals surface area contributed by atoms with Gasteiger partial charge in [0.05, 0.1) is 6.10 Å². The van der Waals surface area contributed by atoms with E-state index >= 15 is 0 Å². The van der Waals surface area contributed by atoms with Gasteiger partial charge in [-0.1, -0.05) is 31.2 Å². The number of hydrogen-bond donors (Lipinski definition) is 4. The number of fused-ring (bicyclic) bond motifs is 1. The van der Waals surface area contributed by atoms with Crippen molar-refractivity contribution in [3.8, 4) is 0 Å². The molecule has 6 heteroatoms. The molecule has 0 bridgehead atoms. The summed E-state index contributed by atoms with van der Waals surface area (Å²) in [5.74, 6) is -0.524. The Hall–Kier alpha value is -3.12. The fraction of sp³-hybridized carbons (Fsp3) is 0.238. The number of anilines is 2. The first-order valence-electron chi connectivity index (χ1n) is 8.88. The summed E-state index contributed by atoms with van der Waals surface area (Å²) < 4.78 is 0. The molecule has 0 aliphatic rings. The number of carboxylic acids is 1. The lowest BCUT2D eigenvalue weighted by Gasteiger charge is -2.17. The van der Waals surface area contributed by atoms with Crippen molar-refractivity contribution in [2.24, 2.45) is 0 Å². The Morgan fingerprint density at radius 3 is 2.59 bits per heavy atom. The van der Waals surface area contributed by atoms with E-state index in [1.165, 1.54) is 0 Å². The molecule has 2 aromatic carbocycles. The molecular weight excluding hydrogens is 342 g/mol. The molecule has 0 saturated carbocycles. The predicted molar refractivity (Wildman–Crippen MR) is 107 cm³/mol. The molecule has 3 aromatic rings. The Balaban J connectivity index is 1.83. The number of hydrogen-bond acceptors (Lipinski definition) is 5. The summed E-state index contributed by atoms with van der Waals surface area (Å²) in [5.41, 5.74) is 8.17. The summed E-state index contributed by atoms with van der Waals surface area (Å²) in [6, 6.07) is 13.7. The first-order chi connectivity index (χ1) is 13.0. The van der Waals surface area contributed by atoms with Gasteiger partial charge in [0.25, 0.3) is 0 Å². The highest BCUT2D eigenvalue weighted by Gasteiger charge is 2.20. The average molecular weight is 365 g/mol. The van der Waals surface area contributed by atoms with Gasteiger partial charge < -0.3 is 21.3 Å². The van der Waals surface area contributed by atoms with E-state index in [0.29, 0.717) is 29.9 Å². The molecular formula is C21H23N3O3. The molecule has 0 fully saturated rings. The van der Waals surface area contributed by atoms with E-state index in [9.17, 15) is 15.0 Å². The highest BCUT2D eigenvalue weighted by molar-refractivity contribution is 5.93. The van der Waals surface area contributed by atoms with E-state index in [0.717, 1.165) is 16.3 Å². The van der Waals surface area contributed by atoms with E-state index in [2.05, 4.69) is 10.3 Å². The molecule has 0 amide bonds. The summed E-state index contributed by atoms with van der Waals surface area (Å²) in [6.07, 6.45) is 2.48. The molecule has 0 aliphatic heterocycles. The maximum atomic E-state index is 11.8. The number of nitrogens with zero attached hydrogens (tertiary/aromatic N) is 1. The number of nitrogens with one attached hydrogen (secondary N) is 1. The smallest absolute Gasteiger partial charge is 0.330 e. The molecule has 2 unspecified atom stereocenters. The average Bonchev–Trinajstić information content (AvgIpc) is 2.66. The number of carbonyl (C=O) groups is 1. The minimum absolute atomic E-state index is 0.385. The molecule has 6 nitrogen and oxygen atoms in total. The monoisotopic (exact) mass is 365 g/mol. The lowest BCUT2D eigenvalue weighted by molar-refractivity contribution is -0.138. The number of nitrogen functional groups attached to an aromatic ring is 1. The third-order valence-corrected chi connectivity index (χ3v) is 4.61. The Kier molecular flexibility index (Phi) is 5.57.